The van der Waals surface area contributed by atoms with E-state index in [4.69, 9.17) is 23.2 Å². The van der Waals surface area contributed by atoms with Crippen molar-refractivity contribution in [2.75, 3.05) is 0 Å². The minimum Gasteiger partial charge on any atom is -0.388 e. The van der Waals surface area contributed by atoms with Gasteiger partial charge in [0, 0.05) is 10.9 Å². The molecule has 20 heavy (non-hydrogen) atoms. The van der Waals surface area contributed by atoms with Crippen LogP contribution in [0.1, 0.15) is 17.2 Å². The van der Waals surface area contributed by atoms with Gasteiger partial charge in [-0.3, -0.25) is 0 Å². The van der Waals surface area contributed by atoms with E-state index in [1.165, 1.54) is 0 Å². The molecule has 1 atom stereocenters. The SMILES string of the molecule is OC(Cc1ccc(Cl)c(Cl)c1)c1c(F)cc(Br)cc1F. The first-order valence-corrected chi connectivity index (χ1v) is 7.20. The van der Waals surface area contributed by atoms with Gasteiger partial charge in [-0.25, -0.2) is 8.78 Å². The van der Waals surface area contributed by atoms with E-state index in [0.717, 1.165) is 12.1 Å². The molecule has 0 amide bonds. The Hall–Kier alpha value is -0.680. The second-order valence-corrected chi connectivity index (χ2v) is 5.98. The van der Waals surface area contributed by atoms with Crippen molar-refractivity contribution in [1.29, 1.82) is 0 Å². The maximum atomic E-state index is 13.7. The molecule has 0 aliphatic heterocycles. The molecule has 0 aliphatic rings. The quantitative estimate of drug-likeness (QED) is 0.763. The number of halogens is 5. The maximum Gasteiger partial charge on any atom is 0.133 e. The van der Waals surface area contributed by atoms with Crippen LogP contribution < -0.4 is 0 Å². The smallest absolute Gasteiger partial charge is 0.133 e. The van der Waals surface area contributed by atoms with Crippen molar-refractivity contribution in [1.82, 2.24) is 0 Å². The molecule has 0 saturated carbocycles. The fourth-order valence-corrected chi connectivity index (χ4v) is 2.59. The molecular weight excluding hydrogens is 373 g/mol. The van der Waals surface area contributed by atoms with Crippen molar-refractivity contribution < 1.29 is 13.9 Å². The van der Waals surface area contributed by atoms with Gasteiger partial charge in [0.1, 0.15) is 11.6 Å². The largest absolute Gasteiger partial charge is 0.388 e. The van der Waals surface area contributed by atoms with Crippen LogP contribution in [0.3, 0.4) is 0 Å². The van der Waals surface area contributed by atoms with E-state index >= 15 is 0 Å². The van der Waals surface area contributed by atoms with Gasteiger partial charge in [-0.1, -0.05) is 45.2 Å². The van der Waals surface area contributed by atoms with Crippen LogP contribution in [-0.4, -0.2) is 5.11 Å². The Bertz CT molecular complexity index is 626. The van der Waals surface area contributed by atoms with Gasteiger partial charge >= 0.3 is 0 Å². The van der Waals surface area contributed by atoms with E-state index in [2.05, 4.69) is 15.9 Å². The van der Waals surface area contributed by atoms with Gasteiger partial charge in [0.25, 0.3) is 0 Å². The van der Waals surface area contributed by atoms with Crippen molar-refractivity contribution in [3.8, 4) is 0 Å². The third-order valence-corrected chi connectivity index (χ3v) is 3.99. The van der Waals surface area contributed by atoms with Crippen molar-refractivity contribution in [2.45, 2.75) is 12.5 Å². The summed E-state index contributed by atoms with van der Waals surface area (Å²) in [6, 6.07) is 6.99. The Morgan fingerprint density at radius 3 is 2.20 bits per heavy atom. The van der Waals surface area contributed by atoms with Crippen LogP contribution in [0.15, 0.2) is 34.8 Å². The van der Waals surface area contributed by atoms with Crippen molar-refractivity contribution in [2.24, 2.45) is 0 Å². The third-order valence-electron chi connectivity index (χ3n) is 2.79. The lowest BCUT2D eigenvalue weighted by Crippen LogP contribution is -2.07. The van der Waals surface area contributed by atoms with E-state index < -0.39 is 17.7 Å². The Morgan fingerprint density at radius 1 is 1.05 bits per heavy atom. The van der Waals surface area contributed by atoms with Crippen molar-refractivity contribution >= 4 is 39.1 Å². The molecule has 0 radical (unpaired) electrons. The Balaban J connectivity index is 2.28. The van der Waals surface area contributed by atoms with E-state index in [-0.39, 0.29) is 16.5 Å². The molecule has 1 nitrogen and oxygen atoms in total. The lowest BCUT2D eigenvalue weighted by Gasteiger charge is -2.14. The van der Waals surface area contributed by atoms with Gasteiger partial charge in [-0.2, -0.15) is 0 Å². The number of hydrogen-bond acceptors (Lipinski definition) is 1. The summed E-state index contributed by atoms with van der Waals surface area (Å²) < 4.78 is 27.7. The summed E-state index contributed by atoms with van der Waals surface area (Å²) in [6.45, 7) is 0. The predicted molar refractivity (Wildman–Crippen MR) is 79.2 cm³/mol. The summed E-state index contributed by atoms with van der Waals surface area (Å²) in [5, 5.41) is 10.7. The normalized spacial score (nSPS) is 12.5. The van der Waals surface area contributed by atoms with Crippen LogP contribution in [0.2, 0.25) is 10.0 Å². The van der Waals surface area contributed by atoms with Gasteiger partial charge in [0.05, 0.1) is 21.7 Å². The standard InChI is InChI=1S/C14H9BrCl2F2O/c15-8-5-11(18)14(12(19)6-8)13(20)4-7-1-2-9(16)10(17)3-7/h1-3,5-6,13,20H,4H2. The van der Waals surface area contributed by atoms with Gasteiger partial charge in [0.2, 0.25) is 0 Å². The summed E-state index contributed by atoms with van der Waals surface area (Å²) in [5.41, 5.74) is 0.271. The fourth-order valence-electron chi connectivity index (χ4n) is 1.86. The molecule has 6 heteroatoms. The molecule has 0 saturated heterocycles. The first-order chi connectivity index (χ1) is 9.38. The Morgan fingerprint density at radius 2 is 1.65 bits per heavy atom. The molecule has 1 N–H and O–H groups in total. The van der Waals surface area contributed by atoms with E-state index in [1.807, 2.05) is 0 Å². The molecule has 1 unspecified atom stereocenters. The van der Waals surface area contributed by atoms with Gasteiger partial charge in [0.15, 0.2) is 0 Å². The van der Waals surface area contributed by atoms with E-state index in [9.17, 15) is 13.9 Å². The number of rotatable bonds is 3. The summed E-state index contributed by atoms with van der Waals surface area (Å²) in [6.07, 6.45) is -1.27. The molecule has 106 valence electrons. The summed E-state index contributed by atoms with van der Waals surface area (Å²) in [5.74, 6) is -1.60. The maximum absolute atomic E-state index is 13.7. The lowest BCUT2D eigenvalue weighted by molar-refractivity contribution is 0.168. The highest BCUT2D eigenvalue weighted by Gasteiger charge is 2.19. The van der Waals surface area contributed by atoms with Gasteiger partial charge in [-0.15, -0.1) is 0 Å². The molecule has 0 bridgehead atoms. The number of benzene rings is 2. The monoisotopic (exact) mass is 380 g/mol. The van der Waals surface area contributed by atoms with Crippen LogP contribution in [0, 0.1) is 11.6 Å². The van der Waals surface area contributed by atoms with Gasteiger partial charge in [-0.05, 0) is 29.8 Å². The van der Waals surface area contributed by atoms with Crippen LogP contribution in [0.5, 0.6) is 0 Å². The van der Waals surface area contributed by atoms with Gasteiger partial charge < -0.3 is 5.11 Å². The first kappa shape index (κ1) is 15.7. The molecule has 2 rings (SSSR count). The van der Waals surface area contributed by atoms with E-state index in [1.54, 1.807) is 18.2 Å². The molecule has 0 heterocycles. The van der Waals surface area contributed by atoms with Crippen molar-refractivity contribution in [3.05, 3.63) is 67.6 Å². The highest BCUT2D eigenvalue weighted by Crippen LogP contribution is 2.29. The zero-order chi connectivity index (χ0) is 14.9. The molecule has 0 spiro atoms. The molecular formula is C14H9BrCl2F2O. The Kier molecular flexibility index (Phi) is 5.02. The average Bonchev–Trinajstić information content (AvgIpc) is 2.32. The van der Waals surface area contributed by atoms with Crippen LogP contribution in [0.4, 0.5) is 8.78 Å². The predicted octanol–water partition coefficient (Wildman–Crippen LogP) is 5.31. The molecule has 0 aromatic heterocycles. The number of aliphatic hydroxyl groups excluding tert-OH is 1. The first-order valence-electron chi connectivity index (χ1n) is 5.65. The minimum atomic E-state index is -1.31. The number of aliphatic hydroxyl groups is 1. The second kappa shape index (κ2) is 6.39. The summed E-state index contributed by atoms with van der Waals surface area (Å²) in [7, 11) is 0. The molecule has 0 aliphatic carbocycles. The minimum absolute atomic E-state index is 0.0341. The topological polar surface area (TPSA) is 20.2 Å². The van der Waals surface area contributed by atoms with Crippen LogP contribution in [0.25, 0.3) is 0 Å². The molecule has 0 fully saturated rings. The summed E-state index contributed by atoms with van der Waals surface area (Å²) in [4.78, 5) is 0. The Labute approximate surface area is 133 Å². The molecule has 2 aromatic rings. The molecule has 2 aromatic carbocycles. The zero-order valence-corrected chi connectivity index (χ0v) is 13.1. The fraction of sp³-hybridized carbons (Fsp3) is 0.143. The highest BCUT2D eigenvalue weighted by atomic mass is 79.9. The second-order valence-electron chi connectivity index (χ2n) is 4.25. The van der Waals surface area contributed by atoms with Crippen LogP contribution in [-0.2, 0) is 6.42 Å². The summed E-state index contributed by atoms with van der Waals surface area (Å²) >= 11 is 14.6. The van der Waals surface area contributed by atoms with Crippen LogP contribution >= 0.6 is 39.1 Å². The third kappa shape index (κ3) is 3.50. The van der Waals surface area contributed by atoms with E-state index in [0.29, 0.717) is 15.6 Å². The van der Waals surface area contributed by atoms with Crippen molar-refractivity contribution in [3.63, 3.8) is 0 Å². The zero-order valence-electron chi connectivity index (χ0n) is 10.0. The highest BCUT2D eigenvalue weighted by molar-refractivity contribution is 9.10. The average molecular weight is 382 g/mol. The lowest BCUT2D eigenvalue weighted by atomic mass is 10.0. The number of hydrogen-bond donors (Lipinski definition) is 1.